The molecule has 0 saturated heterocycles. The van der Waals surface area contributed by atoms with Crippen LogP contribution in [0.5, 0.6) is 0 Å². The Balaban J connectivity index is 2.92. The summed E-state index contributed by atoms with van der Waals surface area (Å²) >= 11 is 1.64. The van der Waals surface area contributed by atoms with Crippen LogP contribution in [-0.4, -0.2) is 18.3 Å². The monoisotopic (exact) mass is 200 g/mol. The first-order valence-corrected chi connectivity index (χ1v) is 5.17. The van der Waals surface area contributed by atoms with E-state index in [2.05, 4.69) is 0 Å². The molecule has 0 aromatic carbocycles. The average Bonchev–Trinajstić information content (AvgIpc) is 2.50. The summed E-state index contributed by atoms with van der Waals surface area (Å²) in [5.41, 5.74) is 0.0452. The molecule has 0 aliphatic rings. The predicted octanol–water partition coefficient (Wildman–Crippen LogP) is 2.30. The first-order valence-electron chi connectivity index (χ1n) is 4.29. The predicted molar refractivity (Wildman–Crippen MR) is 55.1 cm³/mol. The molecule has 2 nitrogen and oxygen atoms in total. The fourth-order valence-electron chi connectivity index (χ4n) is 1.17. The third-order valence-electron chi connectivity index (χ3n) is 2.46. The summed E-state index contributed by atoms with van der Waals surface area (Å²) in [5, 5.41) is 12.1. The van der Waals surface area contributed by atoms with E-state index in [1.54, 1.807) is 25.4 Å². The van der Waals surface area contributed by atoms with Gasteiger partial charge >= 0.3 is 0 Å². The van der Waals surface area contributed by atoms with E-state index in [-0.39, 0.29) is 6.10 Å². The molecule has 0 bridgehead atoms. The summed E-state index contributed by atoms with van der Waals surface area (Å²) in [4.78, 5) is 1.21. The summed E-state index contributed by atoms with van der Waals surface area (Å²) < 4.78 is 5.13. The molecular weight excluding hydrogens is 184 g/mol. The van der Waals surface area contributed by atoms with Crippen LogP contribution in [0.1, 0.15) is 24.3 Å². The van der Waals surface area contributed by atoms with E-state index < -0.39 is 5.60 Å². The van der Waals surface area contributed by atoms with Crippen molar-refractivity contribution in [3.63, 3.8) is 0 Å². The smallest absolute Gasteiger partial charge is 0.113 e. The molecule has 13 heavy (non-hydrogen) atoms. The minimum absolute atomic E-state index is 0.193. The SMILES string of the molecule is COC(C)C(C)(O)c1csc(C)c1. The Morgan fingerprint density at radius 1 is 1.62 bits per heavy atom. The lowest BCUT2D eigenvalue weighted by molar-refractivity contribution is -0.0769. The Bertz CT molecular complexity index is 278. The second-order valence-corrected chi connectivity index (χ2v) is 4.59. The second-order valence-electron chi connectivity index (χ2n) is 3.47. The Morgan fingerprint density at radius 3 is 2.62 bits per heavy atom. The molecule has 0 spiro atoms. The van der Waals surface area contributed by atoms with Crippen molar-refractivity contribution in [2.24, 2.45) is 0 Å². The van der Waals surface area contributed by atoms with Crippen LogP contribution in [0.2, 0.25) is 0 Å². The Kier molecular flexibility index (Phi) is 3.11. The topological polar surface area (TPSA) is 29.5 Å². The van der Waals surface area contributed by atoms with Gasteiger partial charge in [-0.05, 0) is 37.8 Å². The van der Waals surface area contributed by atoms with E-state index >= 15 is 0 Å². The Hall–Kier alpha value is -0.380. The van der Waals surface area contributed by atoms with Gasteiger partial charge in [0.05, 0.1) is 6.10 Å². The standard InChI is InChI=1S/C10H16O2S/c1-7-5-9(6-13-7)10(3,11)8(2)12-4/h5-6,8,11H,1-4H3. The number of rotatable bonds is 3. The highest BCUT2D eigenvalue weighted by Crippen LogP contribution is 2.29. The maximum Gasteiger partial charge on any atom is 0.113 e. The number of hydrogen-bond donors (Lipinski definition) is 1. The first-order chi connectivity index (χ1) is 5.98. The molecule has 0 amide bonds. The largest absolute Gasteiger partial charge is 0.383 e. The molecule has 0 aliphatic carbocycles. The zero-order valence-corrected chi connectivity index (χ0v) is 9.31. The highest BCUT2D eigenvalue weighted by atomic mass is 32.1. The zero-order valence-electron chi connectivity index (χ0n) is 8.50. The van der Waals surface area contributed by atoms with Crippen LogP contribution in [0, 0.1) is 6.92 Å². The van der Waals surface area contributed by atoms with E-state index in [0.717, 1.165) is 5.56 Å². The minimum Gasteiger partial charge on any atom is -0.383 e. The molecule has 1 N–H and O–H groups in total. The van der Waals surface area contributed by atoms with E-state index in [9.17, 15) is 5.11 Å². The van der Waals surface area contributed by atoms with Gasteiger partial charge in [0.2, 0.25) is 0 Å². The zero-order chi connectivity index (χ0) is 10.1. The van der Waals surface area contributed by atoms with Crippen molar-refractivity contribution in [1.29, 1.82) is 0 Å². The molecule has 0 saturated carbocycles. The lowest BCUT2D eigenvalue weighted by Gasteiger charge is -2.28. The summed E-state index contributed by atoms with van der Waals surface area (Å²) in [5.74, 6) is 0. The number of aliphatic hydroxyl groups is 1. The highest BCUT2D eigenvalue weighted by molar-refractivity contribution is 7.10. The summed E-state index contributed by atoms with van der Waals surface area (Å²) in [7, 11) is 1.61. The Labute approximate surface area is 83.2 Å². The number of hydrogen-bond acceptors (Lipinski definition) is 3. The van der Waals surface area contributed by atoms with Crippen LogP contribution in [0.4, 0.5) is 0 Å². The fourth-order valence-corrected chi connectivity index (χ4v) is 1.99. The van der Waals surface area contributed by atoms with Gasteiger partial charge in [-0.3, -0.25) is 0 Å². The molecule has 0 radical (unpaired) electrons. The lowest BCUT2D eigenvalue weighted by atomic mass is 9.93. The number of aryl methyl sites for hydroxylation is 1. The van der Waals surface area contributed by atoms with E-state index in [4.69, 9.17) is 4.74 Å². The van der Waals surface area contributed by atoms with Crippen LogP contribution in [-0.2, 0) is 10.3 Å². The summed E-state index contributed by atoms with van der Waals surface area (Å²) in [6.07, 6.45) is -0.193. The Morgan fingerprint density at radius 2 is 2.23 bits per heavy atom. The summed E-state index contributed by atoms with van der Waals surface area (Å²) in [6, 6.07) is 2.00. The quantitative estimate of drug-likeness (QED) is 0.811. The van der Waals surface area contributed by atoms with Gasteiger partial charge in [0.15, 0.2) is 0 Å². The van der Waals surface area contributed by atoms with Gasteiger partial charge in [0.1, 0.15) is 5.60 Å². The third-order valence-corrected chi connectivity index (χ3v) is 3.32. The van der Waals surface area contributed by atoms with Crippen molar-refractivity contribution in [2.75, 3.05) is 7.11 Å². The van der Waals surface area contributed by atoms with E-state index in [0.29, 0.717) is 0 Å². The van der Waals surface area contributed by atoms with Crippen molar-refractivity contribution in [3.05, 3.63) is 21.9 Å². The van der Waals surface area contributed by atoms with Crippen LogP contribution in [0.15, 0.2) is 11.4 Å². The fraction of sp³-hybridized carbons (Fsp3) is 0.600. The molecule has 1 heterocycles. The van der Waals surface area contributed by atoms with Gasteiger partial charge < -0.3 is 9.84 Å². The maximum atomic E-state index is 10.1. The minimum atomic E-state index is -0.889. The molecule has 1 aromatic rings. The van der Waals surface area contributed by atoms with E-state index in [1.807, 2.05) is 25.3 Å². The number of ether oxygens (including phenoxy) is 1. The van der Waals surface area contributed by atoms with Crippen molar-refractivity contribution in [1.82, 2.24) is 0 Å². The van der Waals surface area contributed by atoms with Gasteiger partial charge in [-0.2, -0.15) is 0 Å². The van der Waals surface area contributed by atoms with Gasteiger partial charge in [-0.1, -0.05) is 0 Å². The van der Waals surface area contributed by atoms with Crippen LogP contribution in [0.25, 0.3) is 0 Å². The van der Waals surface area contributed by atoms with E-state index in [1.165, 1.54) is 4.88 Å². The molecule has 74 valence electrons. The molecule has 3 heteroatoms. The molecule has 1 rings (SSSR count). The third kappa shape index (κ3) is 2.10. The molecular formula is C10H16O2S. The molecule has 0 fully saturated rings. The molecule has 2 unspecified atom stereocenters. The lowest BCUT2D eigenvalue weighted by Crippen LogP contribution is -2.35. The van der Waals surface area contributed by atoms with Gasteiger partial charge in [-0.15, -0.1) is 11.3 Å². The van der Waals surface area contributed by atoms with Crippen molar-refractivity contribution in [3.8, 4) is 0 Å². The van der Waals surface area contributed by atoms with Crippen LogP contribution < -0.4 is 0 Å². The van der Waals surface area contributed by atoms with Crippen LogP contribution in [0.3, 0.4) is 0 Å². The van der Waals surface area contributed by atoms with Crippen molar-refractivity contribution >= 4 is 11.3 Å². The van der Waals surface area contributed by atoms with Crippen molar-refractivity contribution in [2.45, 2.75) is 32.5 Å². The molecule has 0 aliphatic heterocycles. The maximum absolute atomic E-state index is 10.1. The first kappa shape index (κ1) is 10.7. The highest BCUT2D eigenvalue weighted by Gasteiger charge is 2.31. The average molecular weight is 200 g/mol. The van der Waals surface area contributed by atoms with Crippen LogP contribution >= 0.6 is 11.3 Å². The molecule has 2 atom stereocenters. The summed E-state index contributed by atoms with van der Waals surface area (Å²) in [6.45, 7) is 5.68. The van der Waals surface area contributed by atoms with Gasteiger partial charge in [0, 0.05) is 12.0 Å². The second kappa shape index (κ2) is 3.78. The molecule has 1 aromatic heterocycles. The normalized spacial score (nSPS) is 18.2. The number of thiophene rings is 1. The van der Waals surface area contributed by atoms with Crippen molar-refractivity contribution < 1.29 is 9.84 Å². The van der Waals surface area contributed by atoms with Gasteiger partial charge in [0.25, 0.3) is 0 Å². The van der Waals surface area contributed by atoms with Gasteiger partial charge in [-0.25, -0.2) is 0 Å². The number of methoxy groups -OCH3 is 1.